The average molecular weight is 204 g/mol. The first-order valence-electron chi connectivity index (χ1n) is 4.63. The molecule has 1 aromatic carbocycles. The highest BCUT2D eigenvalue weighted by atomic mass is 16.5. The molecule has 0 aliphatic carbocycles. The largest absolute Gasteiger partial charge is 0.497 e. The van der Waals surface area contributed by atoms with E-state index >= 15 is 0 Å². The summed E-state index contributed by atoms with van der Waals surface area (Å²) in [5, 5.41) is 8.88. The van der Waals surface area contributed by atoms with Crippen molar-refractivity contribution in [2.24, 2.45) is 0 Å². The molecule has 1 heterocycles. The molecule has 0 radical (unpaired) electrons. The van der Waals surface area contributed by atoms with Crippen LogP contribution in [-0.4, -0.2) is 22.2 Å². The lowest BCUT2D eigenvalue weighted by molar-refractivity contribution is 0.272. The van der Waals surface area contributed by atoms with Crippen LogP contribution in [-0.2, 0) is 6.61 Å². The van der Waals surface area contributed by atoms with E-state index in [1.54, 1.807) is 13.3 Å². The molecule has 1 aromatic heterocycles. The summed E-state index contributed by atoms with van der Waals surface area (Å²) < 4.78 is 5.12. The highest BCUT2D eigenvalue weighted by Crippen LogP contribution is 2.21. The normalized spacial score (nSPS) is 10.3. The number of nitrogens with one attached hydrogen (secondary N) is 1. The maximum Gasteiger partial charge on any atom is 0.132 e. The minimum absolute atomic E-state index is 0.0794. The molecular formula is C11H12N2O2. The number of hydrogen-bond acceptors (Lipinski definition) is 3. The number of nitrogens with zero attached hydrogens (tertiary/aromatic N) is 1. The first kappa shape index (κ1) is 9.73. The fourth-order valence-corrected chi connectivity index (χ4v) is 1.37. The van der Waals surface area contributed by atoms with Gasteiger partial charge in [0.05, 0.1) is 12.8 Å². The molecule has 15 heavy (non-hydrogen) atoms. The number of methoxy groups -OCH3 is 1. The van der Waals surface area contributed by atoms with Crippen LogP contribution in [0, 0.1) is 0 Å². The maximum atomic E-state index is 8.88. The Labute approximate surface area is 87.6 Å². The summed E-state index contributed by atoms with van der Waals surface area (Å²) in [6, 6.07) is 7.63. The summed E-state index contributed by atoms with van der Waals surface area (Å²) in [6.45, 7) is -0.0794. The van der Waals surface area contributed by atoms with Crippen LogP contribution >= 0.6 is 0 Å². The van der Waals surface area contributed by atoms with Crippen LogP contribution in [0.2, 0.25) is 0 Å². The van der Waals surface area contributed by atoms with E-state index in [-0.39, 0.29) is 6.61 Å². The second-order valence-corrected chi connectivity index (χ2v) is 3.12. The molecule has 0 aliphatic heterocycles. The lowest BCUT2D eigenvalue weighted by Crippen LogP contribution is -1.86. The number of imidazole rings is 1. The van der Waals surface area contributed by atoms with Gasteiger partial charge in [0.2, 0.25) is 0 Å². The number of H-pyrrole nitrogens is 1. The van der Waals surface area contributed by atoms with E-state index in [0.717, 1.165) is 17.0 Å². The molecule has 0 spiro atoms. The maximum absolute atomic E-state index is 8.88. The monoisotopic (exact) mass is 204 g/mol. The van der Waals surface area contributed by atoms with E-state index < -0.39 is 0 Å². The third-order valence-electron chi connectivity index (χ3n) is 2.15. The van der Waals surface area contributed by atoms with Gasteiger partial charge in [-0.1, -0.05) is 12.1 Å². The molecule has 0 amide bonds. The molecule has 0 unspecified atom stereocenters. The predicted octanol–water partition coefficient (Wildman–Crippen LogP) is 1.58. The second-order valence-electron chi connectivity index (χ2n) is 3.12. The van der Waals surface area contributed by atoms with Gasteiger partial charge >= 0.3 is 0 Å². The van der Waals surface area contributed by atoms with Crippen LogP contribution in [0.25, 0.3) is 11.3 Å². The first-order chi connectivity index (χ1) is 7.33. The number of ether oxygens (including phenoxy) is 1. The Balaban J connectivity index is 2.35. The second kappa shape index (κ2) is 4.14. The van der Waals surface area contributed by atoms with E-state index in [0.29, 0.717) is 5.82 Å². The highest BCUT2D eigenvalue weighted by molar-refractivity contribution is 5.60. The van der Waals surface area contributed by atoms with Crippen molar-refractivity contribution in [1.82, 2.24) is 9.97 Å². The number of aliphatic hydroxyl groups excluding tert-OH is 1. The van der Waals surface area contributed by atoms with Crippen LogP contribution in [0.5, 0.6) is 5.75 Å². The van der Waals surface area contributed by atoms with Gasteiger partial charge in [0.15, 0.2) is 0 Å². The third-order valence-corrected chi connectivity index (χ3v) is 2.15. The summed E-state index contributed by atoms with van der Waals surface area (Å²) in [6.07, 6.45) is 1.76. The lowest BCUT2D eigenvalue weighted by atomic mass is 10.1. The Morgan fingerprint density at radius 3 is 3.00 bits per heavy atom. The van der Waals surface area contributed by atoms with E-state index in [1.165, 1.54) is 0 Å². The molecule has 2 aromatic rings. The summed E-state index contributed by atoms with van der Waals surface area (Å²) >= 11 is 0. The minimum Gasteiger partial charge on any atom is -0.497 e. The zero-order chi connectivity index (χ0) is 10.7. The van der Waals surface area contributed by atoms with Crippen LogP contribution in [0.3, 0.4) is 0 Å². The number of rotatable bonds is 3. The molecular weight excluding hydrogens is 192 g/mol. The van der Waals surface area contributed by atoms with Gasteiger partial charge in [-0.15, -0.1) is 0 Å². The van der Waals surface area contributed by atoms with Crippen molar-refractivity contribution in [2.75, 3.05) is 7.11 Å². The lowest BCUT2D eigenvalue weighted by Gasteiger charge is -2.01. The van der Waals surface area contributed by atoms with Crippen molar-refractivity contribution < 1.29 is 9.84 Å². The fourth-order valence-electron chi connectivity index (χ4n) is 1.37. The van der Waals surface area contributed by atoms with Crippen LogP contribution in [0.4, 0.5) is 0 Å². The van der Waals surface area contributed by atoms with E-state index in [9.17, 15) is 0 Å². The Kier molecular flexibility index (Phi) is 2.69. The van der Waals surface area contributed by atoms with Gasteiger partial charge in [-0.2, -0.15) is 0 Å². The molecule has 2 N–H and O–H groups in total. The molecule has 0 aliphatic rings. The Morgan fingerprint density at radius 2 is 2.33 bits per heavy atom. The Hall–Kier alpha value is -1.81. The highest BCUT2D eigenvalue weighted by Gasteiger charge is 2.03. The molecule has 0 bridgehead atoms. The molecule has 2 rings (SSSR count). The van der Waals surface area contributed by atoms with Crippen molar-refractivity contribution >= 4 is 0 Å². The van der Waals surface area contributed by atoms with E-state index in [1.807, 2.05) is 24.3 Å². The standard InChI is InChI=1S/C11H12N2O2/c1-15-9-4-2-3-8(5-9)10-6-12-11(7-14)13-10/h2-6,14H,7H2,1H3,(H,12,13). The van der Waals surface area contributed by atoms with Gasteiger partial charge in [-0.3, -0.25) is 0 Å². The summed E-state index contributed by atoms with van der Waals surface area (Å²) in [7, 11) is 1.63. The molecule has 78 valence electrons. The zero-order valence-corrected chi connectivity index (χ0v) is 8.40. The molecule has 0 atom stereocenters. The van der Waals surface area contributed by atoms with Crippen LogP contribution in [0.1, 0.15) is 5.82 Å². The summed E-state index contributed by atoms with van der Waals surface area (Å²) in [5.41, 5.74) is 1.77. The van der Waals surface area contributed by atoms with Crippen LogP contribution < -0.4 is 4.74 Å². The number of hydrogen-bond donors (Lipinski definition) is 2. The topological polar surface area (TPSA) is 58.1 Å². The first-order valence-corrected chi connectivity index (χ1v) is 4.63. The molecule has 0 saturated carbocycles. The van der Waals surface area contributed by atoms with Gasteiger partial charge in [-0.05, 0) is 12.1 Å². The van der Waals surface area contributed by atoms with Crippen molar-refractivity contribution in [2.45, 2.75) is 6.61 Å². The SMILES string of the molecule is COc1cccc(-c2c[nH]c(CO)n2)c1. The molecule has 4 heteroatoms. The quantitative estimate of drug-likeness (QED) is 0.798. The van der Waals surface area contributed by atoms with Crippen molar-refractivity contribution in [3.63, 3.8) is 0 Å². The molecule has 0 fully saturated rings. The van der Waals surface area contributed by atoms with E-state index in [4.69, 9.17) is 9.84 Å². The van der Waals surface area contributed by atoms with Crippen molar-refractivity contribution in [1.29, 1.82) is 0 Å². The predicted molar refractivity (Wildman–Crippen MR) is 56.5 cm³/mol. The van der Waals surface area contributed by atoms with Crippen molar-refractivity contribution in [3.8, 4) is 17.0 Å². The Morgan fingerprint density at radius 1 is 1.47 bits per heavy atom. The smallest absolute Gasteiger partial charge is 0.132 e. The third kappa shape index (κ3) is 1.99. The number of aromatic nitrogens is 2. The summed E-state index contributed by atoms with van der Waals surface area (Å²) in [5.74, 6) is 1.36. The number of aliphatic hydroxyl groups is 1. The van der Waals surface area contributed by atoms with Crippen LogP contribution in [0.15, 0.2) is 30.5 Å². The summed E-state index contributed by atoms with van der Waals surface area (Å²) in [4.78, 5) is 7.10. The van der Waals surface area contributed by atoms with Gasteiger partial charge in [0.25, 0.3) is 0 Å². The van der Waals surface area contributed by atoms with Gasteiger partial charge in [0.1, 0.15) is 18.2 Å². The van der Waals surface area contributed by atoms with Gasteiger partial charge < -0.3 is 14.8 Å². The average Bonchev–Trinajstić information content (AvgIpc) is 2.78. The minimum atomic E-state index is -0.0794. The van der Waals surface area contributed by atoms with E-state index in [2.05, 4.69) is 9.97 Å². The van der Waals surface area contributed by atoms with Crippen molar-refractivity contribution in [3.05, 3.63) is 36.3 Å². The fraction of sp³-hybridized carbons (Fsp3) is 0.182. The number of benzene rings is 1. The Bertz CT molecular complexity index is 451. The zero-order valence-electron chi connectivity index (χ0n) is 8.40. The molecule has 4 nitrogen and oxygen atoms in total. The number of aromatic amines is 1. The van der Waals surface area contributed by atoms with Gasteiger partial charge in [-0.25, -0.2) is 4.98 Å². The molecule has 0 saturated heterocycles. The van der Waals surface area contributed by atoms with Gasteiger partial charge in [0, 0.05) is 11.8 Å².